The highest BCUT2D eigenvalue weighted by Gasteiger charge is 2.26. The minimum absolute atomic E-state index is 0.400. The quantitative estimate of drug-likeness (QED) is 0.847. The molecule has 1 aromatic rings. The number of carbonyl (C=O) groups is 1. The maximum Gasteiger partial charge on any atom is 0.247 e. The molecule has 5 nitrogen and oxygen atoms in total. The van der Waals surface area contributed by atoms with E-state index in [1.54, 1.807) is 12.1 Å². The molecular formula is C13H17ClN2O3. The zero-order valence-corrected chi connectivity index (χ0v) is 11.2. The van der Waals surface area contributed by atoms with Crippen molar-refractivity contribution >= 4 is 17.5 Å². The van der Waals surface area contributed by atoms with Crippen LogP contribution in [-0.2, 0) is 9.53 Å². The zero-order chi connectivity index (χ0) is 13.8. The van der Waals surface area contributed by atoms with Gasteiger partial charge in [0, 0.05) is 30.2 Å². The summed E-state index contributed by atoms with van der Waals surface area (Å²) < 4.78 is 5.26. The van der Waals surface area contributed by atoms with Gasteiger partial charge in [0.25, 0.3) is 0 Å². The molecule has 1 fully saturated rings. The Hall–Kier alpha value is -1.14. The minimum Gasteiger partial charge on any atom is -0.387 e. The molecule has 0 aliphatic carbocycles. The van der Waals surface area contributed by atoms with Crippen LogP contribution in [0.4, 0.5) is 0 Å². The average molecular weight is 285 g/mol. The van der Waals surface area contributed by atoms with E-state index in [9.17, 15) is 9.90 Å². The van der Waals surface area contributed by atoms with Gasteiger partial charge in [0.05, 0.1) is 12.7 Å². The smallest absolute Gasteiger partial charge is 0.247 e. The van der Waals surface area contributed by atoms with Gasteiger partial charge in [0.15, 0.2) is 0 Å². The highest BCUT2D eigenvalue weighted by atomic mass is 35.5. The van der Waals surface area contributed by atoms with Crippen molar-refractivity contribution in [3.05, 3.63) is 34.9 Å². The van der Waals surface area contributed by atoms with Crippen molar-refractivity contribution in [3.8, 4) is 0 Å². The van der Waals surface area contributed by atoms with Gasteiger partial charge < -0.3 is 15.6 Å². The number of hydrogen-bond acceptors (Lipinski definition) is 4. The van der Waals surface area contributed by atoms with E-state index in [1.165, 1.54) is 0 Å². The molecule has 1 aliphatic heterocycles. The predicted molar refractivity (Wildman–Crippen MR) is 71.8 cm³/mol. The monoisotopic (exact) mass is 284 g/mol. The van der Waals surface area contributed by atoms with E-state index in [0.29, 0.717) is 36.8 Å². The van der Waals surface area contributed by atoms with E-state index in [-0.39, 0.29) is 0 Å². The first-order chi connectivity index (χ1) is 9.08. The molecule has 19 heavy (non-hydrogen) atoms. The third-order valence-electron chi connectivity index (χ3n) is 3.16. The first-order valence-electron chi connectivity index (χ1n) is 6.13. The van der Waals surface area contributed by atoms with Crippen LogP contribution in [0.15, 0.2) is 24.3 Å². The summed E-state index contributed by atoms with van der Waals surface area (Å²) in [4.78, 5) is 13.0. The van der Waals surface area contributed by atoms with Gasteiger partial charge in [0.2, 0.25) is 5.91 Å². The number of rotatable bonds is 4. The highest BCUT2D eigenvalue weighted by molar-refractivity contribution is 6.31. The summed E-state index contributed by atoms with van der Waals surface area (Å²) in [5.74, 6) is -0.475. The maximum atomic E-state index is 11.1. The number of halogens is 1. The molecule has 0 aromatic heterocycles. The van der Waals surface area contributed by atoms with Gasteiger partial charge in [-0.05, 0) is 6.07 Å². The lowest BCUT2D eigenvalue weighted by Gasteiger charge is -2.32. The molecule has 104 valence electrons. The molecule has 2 atom stereocenters. The second-order valence-electron chi connectivity index (χ2n) is 4.56. The lowest BCUT2D eigenvalue weighted by atomic mass is 10.1. The standard InChI is InChI=1S/C13H17ClN2O3/c14-10-4-2-1-3-9(10)11(17)7-16-5-6-19-12(8-16)13(15)18/h1-4,11-12,17H,5-8H2,(H2,15,18)/t11-,12+/m0/s1. The number of β-amino-alcohol motifs (C(OH)–C–C–N with tert-alkyl or cyclic N) is 1. The fourth-order valence-electron chi connectivity index (χ4n) is 2.13. The zero-order valence-electron chi connectivity index (χ0n) is 10.5. The molecule has 1 heterocycles. The van der Waals surface area contributed by atoms with Crippen molar-refractivity contribution in [3.63, 3.8) is 0 Å². The average Bonchev–Trinajstić information content (AvgIpc) is 2.39. The van der Waals surface area contributed by atoms with E-state index in [4.69, 9.17) is 22.1 Å². The first-order valence-corrected chi connectivity index (χ1v) is 6.51. The van der Waals surface area contributed by atoms with Crippen LogP contribution in [0.1, 0.15) is 11.7 Å². The summed E-state index contributed by atoms with van der Waals surface area (Å²) in [5.41, 5.74) is 5.91. The van der Waals surface area contributed by atoms with Crippen LogP contribution in [0, 0.1) is 0 Å². The van der Waals surface area contributed by atoms with E-state index >= 15 is 0 Å². The Morgan fingerprint density at radius 1 is 1.58 bits per heavy atom. The number of nitrogens with two attached hydrogens (primary N) is 1. The van der Waals surface area contributed by atoms with E-state index in [1.807, 2.05) is 17.0 Å². The fraction of sp³-hybridized carbons (Fsp3) is 0.462. The summed E-state index contributed by atoms with van der Waals surface area (Å²) in [6.07, 6.45) is -1.30. The molecule has 0 unspecified atom stereocenters. The van der Waals surface area contributed by atoms with Crippen molar-refractivity contribution in [2.45, 2.75) is 12.2 Å². The number of benzene rings is 1. The third-order valence-corrected chi connectivity index (χ3v) is 3.51. The molecule has 1 aliphatic rings. The Morgan fingerprint density at radius 3 is 3.00 bits per heavy atom. The van der Waals surface area contributed by atoms with Crippen LogP contribution < -0.4 is 5.73 Å². The maximum absolute atomic E-state index is 11.1. The van der Waals surface area contributed by atoms with Gasteiger partial charge in [-0.1, -0.05) is 29.8 Å². The fourth-order valence-corrected chi connectivity index (χ4v) is 2.39. The van der Waals surface area contributed by atoms with Crippen molar-refractivity contribution in [2.24, 2.45) is 5.73 Å². The molecule has 1 amide bonds. The highest BCUT2D eigenvalue weighted by Crippen LogP contribution is 2.23. The summed E-state index contributed by atoms with van der Waals surface area (Å²) in [7, 11) is 0. The van der Waals surface area contributed by atoms with Gasteiger partial charge in [-0.3, -0.25) is 9.69 Å². The molecule has 1 saturated heterocycles. The Balaban J connectivity index is 1.97. The molecule has 0 saturated carbocycles. The van der Waals surface area contributed by atoms with Crippen molar-refractivity contribution in [2.75, 3.05) is 26.2 Å². The minimum atomic E-state index is -0.694. The summed E-state index contributed by atoms with van der Waals surface area (Å²) in [5, 5.41) is 10.7. The number of morpholine rings is 1. The van der Waals surface area contributed by atoms with E-state index < -0.39 is 18.1 Å². The van der Waals surface area contributed by atoms with E-state index in [2.05, 4.69) is 0 Å². The summed E-state index contributed by atoms with van der Waals surface area (Å²) >= 11 is 6.04. The van der Waals surface area contributed by atoms with Crippen LogP contribution in [-0.4, -0.2) is 48.3 Å². The Labute approximate surface area is 116 Å². The number of carbonyl (C=O) groups excluding carboxylic acids is 1. The summed E-state index contributed by atoms with van der Waals surface area (Å²) in [6.45, 7) is 1.89. The Bertz CT molecular complexity index is 455. The number of hydrogen-bond donors (Lipinski definition) is 2. The first kappa shape index (κ1) is 14.3. The van der Waals surface area contributed by atoms with Crippen LogP contribution in [0.25, 0.3) is 0 Å². The Morgan fingerprint density at radius 2 is 2.32 bits per heavy atom. The molecule has 0 spiro atoms. The van der Waals surface area contributed by atoms with Crippen molar-refractivity contribution in [1.29, 1.82) is 0 Å². The largest absolute Gasteiger partial charge is 0.387 e. The number of nitrogens with zero attached hydrogens (tertiary/aromatic N) is 1. The van der Waals surface area contributed by atoms with Gasteiger partial charge in [0.1, 0.15) is 6.10 Å². The number of aliphatic hydroxyl groups excluding tert-OH is 1. The second kappa shape index (κ2) is 6.34. The third kappa shape index (κ3) is 3.67. The Kier molecular flexibility index (Phi) is 4.76. The lowest BCUT2D eigenvalue weighted by molar-refractivity contribution is -0.135. The number of amides is 1. The lowest BCUT2D eigenvalue weighted by Crippen LogP contribution is -2.49. The van der Waals surface area contributed by atoms with Crippen LogP contribution in [0.2, 0.25) is 5.02 Å². The molecule has 6 heteroatoms. The molecule has 1 aromatic carbocycles. The normalized spacial score (nSPS) is 22.1. The van der Waals surface area contributed by atoms with Crippen LogP contribution >= 0.6 is 11.6 Å². The topological polar surface area (TPSA) is 75.8 Å². The van der Waals surface area contributed by atoms with Gasteiger partial charge in [-0.2, -0.15) is 0 Å². The molecule has 2 rings (SSSR count). The molecule has 0 radical (unpaired) electrons. The summed E-state index contributed by atoms with van der Waals surface area (Å²) in [6, 6.07) is 7.18. The molecule has 3 N–H and O–H groups in total. The predicted octanol–water partition coefficient (Wildman–Crippen LogP) is 0.560. The second-order valence-corrected chi connectivity index (χ2v) is 4.97. The molecule has 0 bridgehead atoms. The molecular weight excluding hydrogens is 268 g/mol. The van der Waals surface area contributed by atoms with Gasteiger partial charge in [-0.25, -0.2) is 0 Å². The van der Waals surface area contributed by atoms with Crippen LogP contribution in [0.5, 0.6) is 0 Å². The van der Waals surface area contributed by atoms with Gasteiger partial charge in [-0.15, -0.1) is 0 Å². The number of aliphatic hydroxyl groups is 1. The number of primary amides is 1. The van der Waals surface area contributed by atoms with Crippen molar-refractivity contribution < 1.29 is 14.6 Å². The van der Waals surface area contributed by atoms with Crippen molar-refractivity contribution in [1.82, 2.24) is 4.90 Å². The van der Waals surface area contributed by atoms with Gasteiger partial charge >= 0.3 is 0 Å². The SMILES string of the molecule is NC(=O)[C@H]1CN(C[C@H](O)c2ccccc2Cl)CCO1. The van der Waals surface area contributed by atoms with E-state index in [0.717, 1.165) is 0 Å². The number of ether oxygens (including phenoxy) is 1. The van der Waals surface area contributed by atoms with Crippen LogP contribution in [0.3, 0.4) is 0 Å².